The summed E-state index contributed by atoms with van der Waals surface area (Å²) in [5.74, 6) is -0.550. The lowest BCUT2D eigenvalue weighted by Crippen LogP contribution is -2.29. The Labute approximate surface area is 199 Å². The van der Waals surface area contributed by atoms with E-state index in [-0.39, 0.29) is 6.42 Å². The Hall–Kier alpha value is -3.77. The molecule has 0 aromatic heterocycles. The van der Waals surface area contributed by atoms with E-state index in [1.54, 1.807) is 62.8 Å². The van der Waals surface area contributed by atoms with Crippen LogP contribution in [0.3, 0.4) is 0 Å². The van der Waals surface area contributed by atoms with Crippen LogP contribution in [0.5, 0.6) is 17.2 Å². The summed E-state index contributed by atoms with van der Waals surface area (Å²) in [7, 11) is 3.13. The number of carbonyl (C=O) groups excluding carboxylic acids is 1. The molecule has 0 radical (unpaired) electrons. The van der Waals surface area contributed by atoms with Gasteiger partial charge < -0.3 is 24.1 Å². The van der Waals surface area contributed by atoms with Gasteiger partial charge in [-0.1, -0.05) is 31.2 Å². The Morgan fingerprint density at radius 1 is 0.882 bits per heavy atom. The number of aliphatic hydroxyl groups is 1. The summed E-state index contributed by atoms with van der Waals surface area (Å²) in [6, 6.07) is 21.7. The zero-order valence-corrected chi connectivity index (χ0v) is 19.5. The second-order valence-electron chi connectivity index (χ2n) is 8.02. The highest BCUT2D eigenvalue weighted by Crippen LogP contribution is 2.45. The fraction of sp³-hybridized carbons (Fsp3) is 0.250. The number of methoxy groups -OCH3 is 2. The third kappa shape index (κ3) is 4.63. The summed E-state index contributed by atoms with van der Waals surface area (Å²) >= 11 is 0. The van der Waals surface area contributed by atoms with E-state index in [9.17, 15) is 9.90 Å². The number of cyclic esters (lactones) is 1. The van der Waals surface area contributed by atoms with Crippen molar-refractivity contribution in [1.82, 2.24) is 0 Å². The topological polar surface area (TPSA) is 74.2 Å². The molecule has 0 aliphatic carbocycles. The lowest BCUT2D eigenvalue weighted by Gasteiger charge is -2.26. The molecule has 0 fully saturated rings. The van der Waals surface area contributed by atoms with E-state index in [1.165, 1.54) is 0 Å². The van der Waals surface area contributed by atoms with Gasteiger partial charge in [-0.2, -0.15) is 0 Å². The maximum atomic E-state index is 13.2. The average Bonchev–Trinajstić information content (AvgIpc) is 3.13. The van der Waals surface area contributed by atoms with Crippen molar-refractivity contribution in [3.8, 4) is 17.2 Å². The van der Waals surface area contributed by atoms with Crippen LogP contribution in [-0.2, 0) is 21.7 Å². The summed E-state index contributed by atoms with van der Waals surface area (Å²) < 4.78 is 22.0. The quantitative estimate of drug-likeness (QED) is 0.458. The van der Waals surface area contributed by atoms with Crippen LogP contribution in [-0.4, -0.2) is 31.9 Å². The molecule has 6 nitrogen and oxygen atoms in total. The summed E-state index contributed by atoms with van der Waals surface area (Å²) in [6.45, 7) is 2.66. The molecule has 0 bridgehead atoms. The Kier molecular flexibility index (Phi) is 6.89. The molecule has 0 saturated heterocycles. The molecule has 0 saturated carbocycles. The minimum Gasteiger partial charge on any atom is -0.497 e. The minimum absolute atomic E-state index is 0.282. The van der Waals surface area contributed by atoms with Crippen molar-refractivity contribution in [3.63, 3.8) is 0 Å². The standard InChI is InChI=1S/C28H28O6/c1-4-15-33-24-10-5-7-19(16-24)17-25-26(20-8-6-9-23(18-20)32-3)27(29)34-28(25,30)21-11-13-22(31-2)14-12-21/h5-14,16,18,30H,4,15,17H2,1-3H3. The van der Waals surface area contributed by atoms with Gasteiger partial charge in [-0.3, -0.25) is 0 Å². The molecule has 1 aliphatic rings. The number of esters is 1. The van der Waals surface area contributed by atoms with E-state index in [2.05, 4.69) is 0 Å². The lowest BCUT2D eigenvalue weighted by atomic mass is 9.88. The van der Waals surface area contributed by atoms with Crippen molar-refractivity contribution in [3.05, 3.63) is 95.1 Å². The van der Waals surface area contributed by atoms with Crippen molar-refractivity contribution in [2.45, 2.75) is 25.6 Å². The van der Waals surface area contributed by atoms with Gasteiger partial charge in [-0.05, 0) is 66.1 Å². The third-order valence-corrected chi connectivity index (χ3v) is 5.75. The monoisotopic (exact) mass is 460 g/mol. The first-order chi connectivity index (χ1) is 16.5. The molecule has 176 valence electrons. The molecular weight excluding hydrogens is 432 g/mol. The maximum Gasteiger partial charge on any atom is 0.342 e. The maximum absolute atomic E-state index is 13.2. The first kappa shape index (κ1) is 23.4. The van der Waals surface area contributed by atoms with Gasteiger partial charge in [0.05, 0.1) is 26.4 Å². The summed E-state index contributed by atoms with van der Waals surface area (Å²) in [5.41, 5.74) is 2.70. The van der Waals surface area contributed by atoms with E-state index >= 15 is 0 Å². The molecule has 1 atom stereocenters. The molecule has 0 amide bonds. The number of hydrogen-bond acceptors (Lipinski definition) is 6. The second-order valence-corrected chi connectivity index (χ2v) is 8.02. The van der Waals surface area contributed by atoms with Crippen LogP contribution >= 0.6 is 0 Å². The van der Waals surface area contributed by atoms with E-state index in [0.29, 0.717) is 40.4 Å². The first-order valence-corrected chi connectivity index (χ1v) is 11.2. The second kappa shape index (κ2) is 10.0. The van der Waals surface area contributed by atoms with Gasteiger partial charge in [0.15, 0.2) is 0 Å². The molecule has 0 spiro atoms. The molecule has 1 unspecified atom stereocenters. The van der Waals surface area contributed by atoms with Crippen LogP contribution in [0.2, 0.25) is 0 Å². The minimum atomic E-state index is -1.93. The molecule has 1 N–H and O–H groups in total. The summed E-state index contributed by atoms with van der Waals surface area (Å²) in [6.07, 6.45) is 1.18. The smallest absolute Gasteiger partial charge is 0.342 e. The molecule has 4 rings (SSSR count). The van der Waals surface area contributed by atoms with Gasteiger partial charge in [-0.25, -0.2) is 4.79 Å². The largest absolute Gasteiger partial charge is 0.497 e. The number of benzene rings is 3. The van der Waals surface area contributed by atoms with Gasteiger partial charge in [-0.15, -0.1) is 0 Å². The predicted octanol–water partition coefficient (Wildman–Crippen LogP) is 4.89. The number of ether oxygens (including phenoxy) is 4. The van der Waals surface area contributed by atoms with Gasteiger partial charge in [0.1, 0.15) is 17.2 Å². The Morgan fingerprint density at radius 3 is 2.29 bits per heavy atom. The van der Waals surface area contributed by atoms with Gasteiger partial charge in [0.25, 0.3) is 5.79 Å². The summed E-state index contributed by atoms with van der Waals surface area (Å²) in [4.78, 5) is 13.2. The number of hydrogen-bond donors (Lipinski definition) is 1. The van der Waals surface area contributed by atoms with E-state index in [4.69, 9.17) is 18.9 Å². The highest BCUT2D eigenvalue weighted by Gasteiger charge is 2.48. The Morgan fingerprint density at radius 2 is 1.59 bits per heavy atom. The van der Waals surface area contributed by atoms with Crippen molar-refractivity contribution < 1.29 is 28.8 Å². The van der Waals surface area contributed by atoms with Crippen LogP contribution in [0.15, 0.2) is 78.4 Å². The van der Waals surface area contributed by atoms with E-state index in [0.717, 1.165) is 17.7 Å². The molecule has 1 heterocycles. The molecule has 6 heteroatoms. The zero-order chi connectivity index (χ0) is 24.1. The Bertz CT molecular complexity index is 1200. The SMILES string of the molecule is CCCOc1cccc(CC2=C(c3cccc(OC)c3)C(=O)OC2(O)c2ccc(OC)cc2)c1. The lowest BCUT2D eigenvalue weighted by molar-refractivity contribution is -0.185. The fourth-order valence-corrected chi connectivity index (χ4v) is 4.04. The van der Waals surface area contributed by atoms with Crippen LogP contribution < -0.4 is 14.2 Å². The zero-order valence-electron chi connectivity index (χ0n) is 19.5. The number of carbonyl (C=O) groups is 1. The van der Waals surface area contributed by atoms with Crippen LogP contribution in [0.1, 0.15) is 30.0 Å². The summed E-state index contributed by atoms with van der Waals surface area (Å²) in [5, 5.41) is 11.8. The Balaban J connectivity index is 1.84. The van der Waals surface area contributed by atoms with Gasteiger partial charge in [0, 0.05) is 17.6 Å². The van der Waals surface area contributed by atoms with E-state index < -0.39 is 11.8 Å². The van der Waals surface area contributed by atoms with Gasteiger partial charge in [0.2, 0.25) is 0 Å². The van der Waals surface area contributed by atoms with Crippen LogP contribution in [0.4, 0.5) is 0 Å². The molecule has 1 aliphatic heterocycles. The third-order valence-electron chi connectivity index (χ3n) is 5.75. The number of rotatable bonds is 9. The van der Waals surface area contributed by atoms with Crippen molar-refractivity contribution in [2.75, 3.05) is 20.8 Å². The predicted molar refractivity (Wildman–Crippen MR) is 129 cm³/mol. The van der Waals surface area contributed by atoms with Gasteiger partial charge >= 0.3 is 5.97 Å². The van der Waals surface area contributed by atoms with Crippen molar-refractivity contribution >= 4 is 11.5 Å². The fourth-order valence-electron chi connectivity index (χ4n) is 4.04. The normalized spacial score (nSPS) is 17.5. The molecule has 3 aromatic carbocycles. The van der Waals surface area contributed by atoms with Crippen LogP contribution in [0.25, 0.3) is 5.57 Å². The van der Waals surface area contributed by atoms with Crippen molar-refractivity contribution in [1.29, 1.82) is 0 Å². The molecule has 34 heavy (non-hydrogen) atoms. The highest BCUT2D eigenvalue weighted by molar-refractivity contribution is 6.20. The van der Waals surface area contributed by atoms with Crippen molar-refractivity contribution in [2.24, 2.45) is 0 Å². The highest BCUT2D eigenvalue weighted by atomic mass is 16.7. The first-order valence-electron chi connectivity index (χ1n) is 11.2. The molecule has 3 aromatic rings. The molecular formula is C28H28O6. The van der Waals surface area contributed by atoms with E-state index in [1.807, 2.05) is 31.2 Å². The van der Waals surface area contributed by atoms with Crippen LogP contribution in [0, 0.1) is 0 Å². The average molecular weight is 461 g/mol.